The summed E-state index contributed by atoms with van der Waals surface area (Å²) in [4.78, 5) is 41.9. The maximum absolute atomic E-state index is 13.6. The number of nitrogens with zero attached hydrogens (tertiary/aromatic N) is 1. The Morgan fingerprint density at radius 2 is 1.73 bits per heavy atom. The molecular weight excluding hydrogens is 526 g/mol. The molecule has 216 valence electrons. The summed E-state index contributed by atoms with van der Waals surface area (Å²) < 4.78 is -0.544. The minimum atomic E-state index is -1.47. The van der Waals surface area contributed by atoms with Crippen LogP contribution in [0.5, 0.6) is 0 Å². The Balaban J connectivity index is 1.53. The quantitative estimate of drug-likeness (QED) is 0.390. The minimum absolute atomic E-state index is 0.112. The molecule has 0 unspecified atom stereocenters. The molecule has 2 aromatic carbocycles. The third-order valence-electron chi connectivity index (χ3n) is 7.57. The maximum Gasteiger partial charge on any atom is 0.252 e. The highest BCUT2D eigenvalue weighted by Crippen LogP contribution is 2.40. The number of hydrogen-bond donors (Lipinski definition) is 4. The Bertz CT molecular complexity index is 1230. The number of nitrogens with one attached hydrogen (secondary N) is 2. The monoisotopic (exact) mass is 567 g/mol. The SMILES string of the molecule is CC(C)(C)NC(=O)[C@H]1N(C(=O)[C@@H](O)C[C@H](Cc2ccccc2)C(=O)N[C@H]2c3ccccc3C[C@H]2O)CSC1(C)C. The van der Waals surface area contributed by atoms with Crippen LogP contribution in [0.4, 0.5) is 0 Å². The molecule has 5 atom stereocenters. The molecule has 0 aromatic heterocycles. The van der Waals surface area contributed by atoms with Crippen LogP contribution in [0.3, 0.4) is 0 Å². The first-order chi connectivity index (χ1) is 18.8. The molecule has 4 rings (SSSR count). The zero-order chi connectivity index (χ0) is 29.2. The van der Waals surface area contributed by atoms with E-state index in [1.54, 1.807) is 0 Å². The van der Waals surface area contributed by atoms with E-state index in [1.807, 2.05) is 89.2 Å². The van der Waals surface area contributed by atoms with Crippen molar-refractivity contribution in [3.8, 4) is 0 Å². The summed E-state index contributed by atoms with van der Waals surface area (Å²) in [6.45, 7) is 9.48. The number of carbonyl (C=O) groups is 3. The van der Waals surface area contributed by atoms with Crippen LogP contribution in [0.1, 0.15) is 63.8 Å². The Hall–Kier alpha value is -2.88. The number of carbonyl (C=O) groups excluding carboxylic acids is 3. The van der Waals surface area contributed by atoms with E-state index in [-0.39, 0.29) is 24.1 Å². The smallest absolute Gasteiger partial charge is 0.252 e. The van der Waals surface area contributed by atoms with Crippen molar-refractivity contribution < 1.29 is 24.6 Å². The lowest BCUT2D eigenvalue weighted by Crippen LogP contribution is -2.58. The maximum atomic E-state index is 13.6. The molecule has 1 aliphatic carbocycles. The second-order valence-electron chi connectivity index (χ2n) is 12.4. The Kier molecular flexibility index (Phi) is 8.97. The number of rotatable bonds is 8. The Morgan fingerprint density at radius 3 is 2.40 bits per heavy atom. The summed E-state index contributed by atoms with van der Waals surface area (Å²) in [5, 5.41) is 27.8. The molecule has 0 spiro atoms. The minimum Gasteiger partial charge on any atom is -0.390 e. The molecule has 3 amide bonds. The molecule has 0 saturated carbocycles. The molecular formula is C31H41N3O5S. The number of thioether (sulfide) groups is 1. The van der Waals surface area contributed by atoms with E-state index < -0.39 is 46.4 Å². The van der Waals surface area contributed by atoms with E-state index in [9.17, 15) is 24.6 Å². The highest BCUT2D eigenvalue weighted by atomic mass is 32.2. The summed E-state index contributed by atoms with van der Waals surface area (Å²) >= 11 is 1.48. The third kappa shape index (κ3) is 6.87. The van der Waals surface area contributed by atoms with Crippen LogP contribution < -0.4 is 10.6 Å². The van der Waals surface area contributed by atoms with Gasteiger partial charge < -0.3 is 25.7 Å². The molecule has 0 radical (unpaired) electrons. The number of fused-ring (bicyclic) bond motifs is 1. The van der Waals surface area contributed by atoms with E-state index in [4.69, 9.17) is 0 Å². The van der Waals surface area contributed by atoms with Gasteiger partial charge in [0.05, 0.1) is 18.0 Å². The van der Waals surface area contributed by atoms with Crippen molar-refractivity contribution in [2.45, 2.75) is 88.5 Å². The van der Waals surface area contributed by atoms with Gasteiger partial charge in [0.25, 0.3) is 5.91 Å². The van der Waals surface area contributed by atoms with E-state index >= 15 is 0 Å². The van der Waals surface area contributed by atoms with Crippen molar-refractivity contribution in [3.05, 3.63) is 71.3 Å². The van der Waals surface area contributed by atoms with Crippen LogP contribution in [-0.2, 0) is 27.2 Å². The van der Waals surface area contributed by atoms with Crippen LogP contribution in [0.25, 0.3) is 0 Å². The average Bonchev–Trinajstić information content (AvgIpc) is 3.37. The molecule has 8 nitrogen and oxygen atoms in total. The molecule has 40 heavy (non-hydrogen) atoms. The lowest BCUT2D eigenvalue weighted by atomic mass is 9.91. The predicted molar refractivity (Wildman–Crippen MR) is 156 cm³/mol. The fraction of sp³-hybridized carbons (Fsp3) is 0.516. The number of aliphatic hydroxyl groups is 2. The van der Waals surface area contributed by atoms with E-state index in [0.717, 1.165) is 16.7 Å². The summed E-state index contributed by atoms with van der Waals surface area (Å²) in [5.74, 6) is -1.63. The van der Waals surface area contributed by atoms with Gasteiger partial charge in [0.15, 0.2) is 0 Å². The summed E-state index contributed by atoms with van der Waals surface area (Å²) in [6, 6.07) is 15.8. The van der Waals surface area contributed by atoms with E-state index in [2.05, 4.69) is 10.6 Å². The lowest BCUT2D eigenvalue weighted by Gasteiger charge is -2.34. The molecule has 9 heteroatoms. The van der Waals surface area contributed by atoms with Crippen molar-refractivity contribution in [3.63, 3.8) is 0 Å². The fourth-order valence-corrected chi connectivity index (χ4v) is 6.75. The Labute approximate surface area is 240 Å². The van der Waals surface area contributed by atoms with Gasteiger partial charge in [-0.05, 0) is 64.2 Å². The first-order valence-corrected chi connectivity index (χ1v) is 14.8. The fourth-order valence-electron chi connectivity index (χ4n) is 5.61. The zero-order valence-electron chi connectivity index (χ0n) is 23.9. The third-order valence-corrected chi connectivity index (χ3v) is 8.94. The van der Waals surface area contributed by atoms with E-state index in [0.29, 0.717) is 12.8 Å². The van der Waals surface area contributed by atoms with Gasteiger partial charge in [-0.1, -0.05) is 54.6 Å². The van der Waals surface area contributed by atoms with Crippen molar-refractivity contribution in [1.29, 1.82) is 0 Å². The largest absolute Gasteiger partial charge is 0.390 e. The molecule has 1 saturated heterocycles. The Morgan fingerprint density at radius 1 is 1.07 bits per heavy atom. The standard InChI is InChI=1S/C31H41N3O5S/c1-30(2,3)33-28(38)26-31(4,5)40-18-34(26)29(39)24(36)17-21(15-19-11-7-6-8-12-19)27(37)32-25-22-14-10-9-13-20(22)16-23(25)35/h6-14,21,23-26,35-36H,15-18H2,1-5H3,(H,32,37)(H,33,38)/t21-,23+,24-,25-,26+/m0/s1. The predicted octanol–water partition coefficient (Wildman–Crippen LogP) is 2.97. The van der Waals surface area contributed by atoms with Gasteiger partial charge in [-0.15, -0.1) is 11.8 Å². The molecule has 4 N–H and O–H groups in total. The van der Waals surface area contributed by atoms with Crippen LogP contribution in [-0.4, -0.2) is 67.2 Å². The highest BCUT2D eigenvalue weighted by Gasteiger charge is 2.49. The first kappa shape index (κ1) is 30.1. The summed E-state index contributed by atoms with van der Waals surface area (Å²) in [6.07, 6.45) is -1.57. The molecule has 1 fully saturated rings. The van der Waals surface area contributed by atoms with Crippen LogP contribution in [0, 0.1) is 5.92 Å². The molecule has 1 aliphatic heterocycles. The van der Waals surface area contributed by atoms with E-state index in [1.165, 1.54) is 16.7 Å². The number of benzene rings is 2. The second kappa shape index (κ2) is 11.9. The number of aliphatic hydroxyl groups excluding tert-OH is 2. The highest BCUT2D eigenvalue weighted by molar-refractivity contribution is 8.00. The van der Waals surface area contributed by atoms with Crippen LogP contribution >= 0.6 is 11.8 Å². The first-order valence-electron chi connectivity index (χ1n) is 13.8. The normalized spacial score (nSPS) is 23.3. The zero-order valence-corrected chi connectivity index (χ0v) is 24.7. The number of hydrogen-bond acceptors (Lipinski definition) is 6. The van der Waals surface area contributed by atoms with Crippen molar-refractivity contribution in [2.75, 3.05) is 5.88 Å². The molecule has 2 aromatic rings. The van der Waals surface area contributed by atoms with Gasteiger partial charge in [-0.25, -0.2) is 0 Å². The topological polar surface area (TPSA) is 119 Å². The van der Waals surface area contributed by atoms with Gasteiger partial charge in [0.1, 0.15) is 12.1 Å². The summed E-state index contributed by atoms with van der Waals surface area (Å²) in [5.41, 5.74) is 2.29. The van der Waals surface area contributed by atoms with Gasteiger partial charge in [0, 0.05) is 22.6 Å². The lowest BCUT2D eigenvalue weighted by molar-refractivity contribution is -0.147. The molecule has 1 heterocycles. The van der Waals surface area contributed by atoms with Crippen molar-refractivity contribution in [1.82, 2.24) is 15.5 Å². The number of amides is 3. The van der Waals surface area contributed by atoms with Crippen molar-refractivity contribution in [2.24, 2.45) is 5.92 Å². The molecule has 2 aliphatic rings. The molecule has 0 bridgehead atoms. The van der Waals surface area contributed by atoms with Gasteiger partial charge in [-0.2, -0.15) is 0 Å². The summed E-state index contributed by atoms with van der Waals surface area (Å²) in [7, 11) is 0. The van der Waals surface area contributed by atoms with Crippen LogP contribution in [0.2, 0.25) is 0 Å². The van der Waals surface area contributed by atoms with Gasteiger partial charge in [-0.3, -0.25) is 14.4 Å². The average molecular weight is 568 g/mol. The second-order valence-corrected chi connectivity index (χ2v) is 14.0. The van der Waals surface area contributed by atoms with Crippen LogP contribution in [0.15, 0.2) is 54.6 Å². The van der Waals surface area contributed by atoms with Gasteiger partial charge in [0.2, 0.25) is 11.8 Å². The van der Waals surface area contributed by atoms with Crippen molar-refractivity contribution >= 4 is 29.5 Å². The van der Waals surface area contributed by atoms with Gasteiger partial charge >= 0.3 is 0 Å².